The summed E-state index contributed by atoms with van der Waals surface area (Å²) >= 11 is 0. The van der Waals surface area contributed by atoms with Crippen molar-refractivity contribution in [2.75, 3.05) is 19.6 Å². The number of aromatic nitrogens is 2. The molecule has 0 bridgehead atoms. The molecule has 0 amide bonds. The van der Waals surface area contributed by atoms with Gasteiger partial charge in [0, 0.05) is 31.4 Å². The highest BCUT2D eigenvalue weighted by Gasteiger charge is 2.22. The lowest BCUT2D eigenvalue weighted by Crippen LogP contribution is -1.98. The lowest BCUT2D eigenvalue weighted by molar-refractivity contribution is 0.163. The Morgan fingerprint density at radius 1 is 1.42 bits per heavy atom. The van der Waals surface area contributed by atoms with Crippen LogP contribution in [0.3, 0.4) is 0 Å². The Kier molecular flexibility index (Phi) is 2.79. The molecule has 0 atom stereocenters. The average Bonchev–Trinajstić information content (AvgIpc) is 2.98. The summed E-state index contributed by atoms with van der Waals surface area (Å²) in [7, 11) is 3.45. The van der Waals surface area contributed by atoms with E-state index in [-0.39, 0.29) is 6.79 Å². The Morgan fingerprint density at radius 3 is 2.95 bits per heavy atom. The molecule has 19 heavy (non-hydrogen) atoms. The van der Waals surface area contributed by atoms with Crippen LogP contribution in [0.2, 0.25) is 0 Å². The zero-order valence-corrected chi connectivity index (χ0v) is 10.8. The number of rotatable bonds is 3. The zero-order chi connectivity index (χ0) is 13.4. The molecule has 1 aromatic carbocycles. The molecule has 0 aliphatic carbocycles. The van der Waals surface area contributed by atoms with Crippen molar-refractivity contribution >= 4 is 5.82 Å². The Morgan fingerprint density at radius 2 is 2.26 bits per heavy atom. The fourth-order valence-corrected chi connectivity index (χ4v) is 2.17. The molecule has 100 valence electrons. The van der Waals surface area contributed by atoms with Gasteiger partial charge in [-0.15, -0.1) is 0 Å². The van der Waals surface area contributed by atoms with Gasteiger partial charge in [-0.1, -0.05) is 0 Å². The molecule has 2 aromatic rings. The first-order valence-corrected chi connectivity index (χ1v) is 5.91. The summed E-state index contributed by atoms with van der Waals surface area (Å²) in [5.74, 6) is 2.07. The second kappa shape index (κ2) is 4.47. The fraction of sp³-hybridized carbons (Fsp3) is 0.308. The largest absolute Gasteiger partial charge is 0.454 e. The maximum Gasteiger partial charge on any atom is 0.231 e. The summed E-state index contributed by atoms with van der Waals surface area (Å²) in [5.41, 5.74) is 8.49. The van der Waals surface area contributed by atoms with Crippen molar-refractivity contribution in [3.63, 3.8) is 0 Å². The fourth-order valence-electron chi connectivity index (χ4n) is 2.17. The van der Waals surface area contributed by atoms with Gasteiger partial charge < -0.3 is 19.9 Å². The quantitative estimate of drug-likeness (QED) is 0.907. The third-order valence-electron chi connectivity index (χ3n) is 3.12. The van der Waals surface area contributed by atoms with Crippen molar-refractivity contribution in [3.05, 3.63) is 23.8 Å². The SMILES string of the molecule is COCc1c(-c2cc(N)n(C)n2)ccc2c1OCO2. The van der Waals surface area contributed by atoms with Gasteiger partial charge in [0.15, 0.2) is 11.5 Å². The number of hydrogen-bond acceptors (Lipinski definition) is 5. The van der Waals surface area contributed by atoms with E-state index >= 15 is 0 Å². The van der Waals surface area contributed by atoms with Gasteiger partial charge >= 0.3 is 0 Å². The predicted octanol–water partition coefficient (Wildman–Crippen LogP) is 1.54. The minimum absolute atomic E-state index is 0.236. The molecule has 0 saturated heterocycles. The lowest BCUT2D eigenvalue weighted by Gasteiger charge is -2.09. The molecule has 1 aromatic heterocycles. The Labute approximate surface area is 110 Å². The van der Waals surface area contributed by atoms with Crippen molar-refractivity contribution in [2.45, 2.75) is 6.61 Å². The van der Waals surface area contributed by atoms with Crippen LogP contribution in [0.4, 0.5) is 5.82 Å². The van der Waals surface area contributed by atoms with E-state index in [9.17, 15) is 0 Å². The third-order valence-corrected chi connectivity index (χ3v) is 3.12. The smallest absolute Gasteiger partial charge is 0.231 e. The molecular weight excluding hydrogens is 246 g/mol. The zero-order valence-electron chi connectivity index (χ0n) is 10.8. The maximum atomic E-state index is 5.83. The monoisotopic (exact) mass is 261 g/mol. The molecule has 0 radical (unpaired) electrons. The first kappa shape index (κ1) is 11.9. The van der Waals surface area contributed by atoms with Crippen LogP contribution < -0.4 is 15.2 Å². The van der Waals surface area contributed by atoms with Crippen LogP contribution in [0.1, 0.15) is 5.56 Å². The molecule has 0 spiro atoms. The average molecular weight is 261 g/mol. The van der Waals surface area contributed by atoms with E-state index in [1.54, 1.807) is 11.8 Å². The van der Waals surface area contributed by atoms with Crippen LogP contribution in [0.25, 0.3) is 11.3 Å². The number of hydrogen-bond donors (Lipinski definition) is 1. The molecule has 0 unspecified atom stereocenters. The number of nitrogens with two attached hydrogens (primary N) is 1. The van der Waals surface area contributed by atoms with E-state index in [0.717, 1.165) is 28.3 Å². The Bertz CT molecular complexity index is 602. The molecule has 2 heterocycles. The van der Waals surface area contributed by atoms with Crippen LogP contribution >= 0.6 is 0 Å². The number of benzene rings is 1. The molecule has 2 N–H and O–H groups in total. The summed E-state index contributed by atoms with van der Waals surface area (Å²) in [6, 6.07) is 5.65. The molecule has 0 fully saturated rings. The summed E-state index contributed by atoms with van der Waals surface area (Å²) < 4.78 is 17.8. The topological polar surface area (TPSA) is 71.5 Å². The molecule has 3 rings (SSSR count). The Hall–Kier alpha value is -2.21. The summed E-state index contributed by atoms with van der Waals surface area (Å²) in [6.07, 6.45) is 0. The second-order valence-corrected chi connectivity index (χ2v) is 4.34. The first-order valence-electron chi connectivity index (χ1n) is 5.91. The van der Waals surface area contributed by atoms with Crippen LogP contribution in [0, 0.1) is 0 Å². The highest BCUT2D eigenvalue weighted by Crippen LogP contribution is 2.41. The number of anilines is 1. The predicted molar refractivity (Wildman–Crippen MR) is 69.9 cm³/mol. The standard InChI is InChI=1S/C13H15N3O3/c1-16-12(14)5-10(15-16)8-3-4-11-13(19-7-18-11)9(8)6-17-2/h3-5H,6-7,14H2,1-2H3. The first-order chi connectivity index (χ1) is 9.20. The number of methoxy groups -OCH3 is 1. The Balaban J connectivity index is 2.15. The molecule has 6 nitrogen and oxygen atoms in total. The molecule has 0 saturated carbocycles. The third kappa shape index (κ3) is 1.90. The molecule has 1 aliphatic rings. The molecule has 1 aliphatic heterocycles. The highest BCUT2D eigenvalue weighted by atomic mass is 16.7. The van der Waals surface area contributed by atoms with Gasteiger partial charge in [-0.2, -0.15) is 5.10 Å². The summed E-state index contributed by atoms with van der Waals surface area (Å²) in [5, 5.41) is 4.39. The summed E-state index contributed by atoms with van der Waals surface area (Å²) in [6.45, 7) is 0.665. The molecule has 6 heteroatoms. The number of nitrogens with zero attached hydrogens (tertiary/aromatic N) is 2. The number of nitrogen functional groups attached to an aromatic ring is 1. The highest BCUT2D eigenvalue weighted by molar-refractivity contribution is 5.71. The van der Waals surface area contributed by atoms with Crippen LogP contribution in [-0.2, 0) is 18.4 Å². The van der Waals surface area contributed by atoms with E-state index in [1.807, 2.05) is 25.2 Å². The van der Waals surface area contributed by atoms with E-state index in [2.05, 4.69) is 5.10 Å². The van der Waals surface area contributed by atoms with Crippen molar-refractivity contribution in [1.29, 1.82) is 0 Å². The number of fused-ring (bicyclic) bond motifs is 1. The van der Waals surface area contributed by atoms with E-state index < -0.39 is 0 Å². The van der Waals surface area contributed by atoms with Crippen molar-refractivity contribution in [1.82, 2.24) is 9.78 Å². The van der Waals surface area contributed by atoms with E-state index in [1.165, 1.54) is 0 Å². The van der Waals surface area contributed by atoms with Gasteiger partial charge in [0.2, 0.25) is 6.79 Å². The van der Waals surface area contributed by atoms with Crippen molar-refractivity contribution in [2.24, 2.45) is 7.05 Å². The maximum absolute atomic E-state index is 5.83. The van der Waals surface area contributed by atoms with E-state index in [0.29, 0.717) is 12.4 Å². The van der Waals surface area contributed by atoms with Gasteiger partial charge in [-0.05, 0) is 12.1 Å². The van der Waals surface area contributed by atoms with Gasteiger partial charge in [0.05, 0.1) is 12.3 Å². The van der Waals surface area contributed by atoms with E-state index in [4.69, 9.17) is 19.9 Å². The van der Waals surface area contributed by atoms with Crippen molar-refractivity contribution < 1.29 is 14.2 Å². The normalized spacial score (nSPS) is 12.9. The number of aryl methyl sites for hydroxylation is 1. The lowest BCUT2D eigenvalue weighted by atomic mass is 10.0. The second-order valence-electron chi connectivity index (χ2n) is 4.34. The van der Waals surface area contributed by atoms with Gasteiger partial charge in [0.1, 0.15) is 5.82 Å². The minimum Gasteiger partial charge on any atom is -0.454 e. The molecular formula is C13H15N3O3. The van der Waals surface area contributed by atoms with Gasteiger partial charge in [0.25, 0.3) is 0 Å². The van der Waals surface area contributed by atoms with Crippen LogP contribution in [0.5, 0.6) is 11.5 Å². The number of ether oxygens (including phenoxy) is 3. The van der Waals surface area contributed by atoms with Gasteiger partial charge in [-0.3, -0.25) is 4.68 Å². The van der Waals surface area contributed by atoms with Gasteiger partial charge in [-0.25, -0.2) is 0 Å². The van der Waals surface area contributed by atoms with Crippen LogP contribution in [-0.4, -0.2) is 23.7 Å². The summed E-state index contributed by atoms with van der Waals surface area (Å²) in [4.78, 5) is 0. The minimum atomic E-state index is 0.236. The van der Waals surface area contributed by atoms with Crippen molar-refractivity contribution in [3.8, 4) is 22.8 Å². The van der Waals surface area contributed by atoms with Crippen LogP contribution in [0.15, 0.2) is 18.2 Å².